The van der Waals surface area contributed by atoms with Crippen molar-refractivity contribution in [3.05, 3.63) is 69.2 Å². The normalized spacial score (nSPS) is 10.8. The number of nitrogens with zero attached hydrogens (tertiary/aromatic N) is 5. The van der Waals surface area contributed by atoms with Crippen molar-refractivity contribution in [2.45, 2.75) is 33.9 Å². The molecule has 0 radical (unpaired) electrons. The summed E-state index contributed by atoms with van der Waals surface area (Å²) in [6, 6.07) is 9.82. The highest BCUT2D eigenvalue weighted by atomic mass is 16.6. The Bertz CT molecular complexity index is 1000. The SMILES string of the molecule is Cc1cccc(Cn2ccc(NC(=O)Cn3nc(C)c([N+](=O)[O-])c3C)n2)c1. The van der Waals surface area contributed by atoms with Gasteiger partial charge in [-0.15, -0.1) is 0 Å². The van der Waals surface area contributed by atoms with Gasteiger partial charge >= 0.3 is 5.69 Å². The van der Waals surface area contributed by atoms with E-state index in [9.17, 15) is 14.9 Å². The van der Waals surface area contributed by atoms with Crippen molar-refractivity contribution in [3.63, 3.8) is 0 Å². The second-order valence-electron chi connectivity index (χ2n) is 6.37. The van der Waals surface area contributed by atoms with Crippen LogP contribution in [0.5, 0.6) is 0 Å². The van der Waals surface area contributed by atoms with E-state index in [0.717, 1.165) is 5.56 Å². The Kier molecular flexibility index (Phi) is 5.02. The van der Waals surface area contributed by atoms with Crippen LogP contribution in [0.15, 0.2) is 36.5 Å². The zero-order valence-electron chi connectivity index (χ0n) is 15.3. The van der Waals surface area contributed by atoms with Crippen LogP contribution in [0.4, 0.5) is 11.5 Å². The van der Waals surface area contributed by atoms with Crippen LogP contribution in [0.3, 0.4) is 0 Å². The molecule has 1 amide bonds. The molecular weight excluding hydrogens is 348 g/mol. The molecule has 1 aromatic carbocycles. The minimum absolute atomic E-state index is 0.0646. The Morgan fingerprint density at radius 3 is 2.67 bits per heavy atom. The van der Waals surface area contributed by atoms with E-state index in [1.165, 1.54) is 10.2 Å². The van der Waals surface area contributed by atoms with Crippen molar-refractivity contribution < 1.29 is 9.72 Å². The van der Waals surface area contributed by atoms with Gasteiger partial charge in [0.25, 0.3) is 0 Å². The second-order valence-corrected chi connectivity index (χ2v) is 6.37. The highest BCUT2D eigenvalue weighted by Gasteiger charge is 2.22. The Balaban J connectivity index is 1.65. The van der Waals surface area contributed by atoms with E-state index in [-0.39, 0.29) is 23.8 Å². The summed E-state index contributed by atoms with van der Waals surface area (Å²) < 4.78 is 3.06. The number of nitro groups is 1. The van der Waals surface area contributed by atoms with Crippen LogP contribution < -0.4 is 5.32 Å². The van der Waals surface area contributed by atoms with Gasteiger partial charge in [-0.3, -0.25) is 24.3 Å². The average molecular weight is 368 g/mol. The molecule has 9 nitrogen and oxygen atoms in total. The lowest BCUT2D eigenvalue weighted by Crippen LogP contribution is -2.20. The second kappa shape index (κ2) is 7.40. The Morgan fingerprint density at radius 1 is 1.22 bits per heavy atom. The third kappa shape index (κ3) is 4.20. The van der Waals surface area contributed by atoms with Gasteiger partial charge in [0.2, 0.25) is 5.91 Å². The summed E-state index contributed by atoms with van der Waals surface area (Å²) in [5, 5.41) is 22.1. The first-order valence-electron chi connectivity index (χ1n) is 8.40. The first kappa shape index (κ1) is 18.3. The van der Waals surface area contributed by atoms with Crippen LogP contribution in [0, 0.1) is 30.9 Å². The standard InChI is InChI=1S/C18H20N6O3/c1-12-5-4-6-15(9-12)10-22-8-7-16(21-22)19-17(25)11-23-14(3)18(24(26)27)13(2)20-23/h4-9H,10-11H2,1-3H3,(H,19,21,25). The molecule has 0 fully saturated rings. The molecule has 0 aliphatic heterocycles. The summed E-state index contributed by atoms with van der Waals surface area (Å²) in [4.78, 5) is 22.8. The Morgan fingerprint density at radius 2 is 2.00 bits per heavy atom. The molecule has 0 bridgehead atoms. The number of nitrogens with one attached hydrogen (secondary N) is 1. The van der Waals surface area contributed by atoms with E-state index in [2.05, 4.69) is 21.6 Å². The zero-order valence-corrected chi connectivity index (χ0v) is 15.3. The van der Waals surface area contributed by atoms with Gasteiger partial charge in [0.15, 0.2) is 5.82 Å². The molecule has 140 valence electrons. The van der Waals surface area contributed by atoms with Crippen molar-refractivity contribution in [2.24, 2.45) is 0 Å². The number of hydrogen-bond acceptors (Lipinski definition) is 5. The number of anilines is 1. The number of aryl methyl sites for hydroxylation is 2. The number of carbonyl (C=O) groups is 1. The van der Waals surface area contributed by atoms with Gasteiger partial charge in [-0.2, -0.15) is 10.2 Å². The Hall–Kier alpha value is -3.49. The maximum atomic E-state index is 12.2. The molecular formula is C18H20N6O3. The van der Waals surface area contributed by atoms with E-state index in [4.69, 9.17) is 0 Å². The number of benzene rings is 1. The van der Waals surface area contributed by atoms with Crippen LogP contribution in [-0.2, 0) is 17.9 Å². The van der Waals surface area contributed by atoms with Crippen molar-refractivity contribution in [1.82, 2.24) is 19.6 Å². The van der Waals surface area contributed by atoms with Crippen molar-refractivity contribution >= 4 is 17.4 Å². The molecule has 0 saturated carbocycles. The molecule has 2 aromatic heterocycles. The van der Waals surface area contributed by atoms with Gasteiger partial charge in [0.1, 0.15) is 17.9 Å². The fourth-order valence-corrected chi connectivity index (χ4v) is 2.94. The molecule has 0 atom stereocenters. The lowest BCUT2D eigenvalue weighted by Gasteiger charge is -2.05. The van der Waals surface area contributed by atoms with E-state index in [0.29, 0.717) is 18.1 Å². The predicted molar refractivity (Wildman–Crippen MR) is 99.5 cm³/mol. The van der Waals surface area contributed by atoms with E-state index in [1.54, 1.807) is 30.8 Å². The van der Waals surface area contributed by atoms with E-state index >= 15 is 0 Å². The molecule has 3 rings (SSSR count). The quantitative estimate of drug-likeness (QED) is 0.531. The number of carbonyl (C=O) groups excluding carboxylic acids is 1. The maximum absolute atomic E-state index is 12.2. The van der Waals surface area contributed by atoms with E-state index < -0.39 is 4.92 Å². The van der Waals surface area contributed by atoms with Gasteiger partial charge in [-0.25, -0.2) is 0 Å². The number of rotatable bonds is 6. The fraction of sp³-hybridized carbons (Fsp3) is 0.278. The van der Waals surface area contributed by atoms with Gasteiger partial charge < -0.3 is 5.32 Å². The average Bonchev–Trinajstić information content (AvgIpc) is 3.11. The third-order valence-corrected chi connectivity index (χ3v) is 4.15. The number of aromatic nitrogens is 4. The van der Waals surface area contributed by atoms with Crippen LogP contribution in [-0.4, -0.2) is 30.4 Å². The van der Waals surface area contributed by atoms with E-state index in [1.807, 2.05) is 25.1 Å². The van der Waals surface area contributed by atoms with Crippen molar-refractivity contribution in [2.75, 3.05) is 5.32 Å². The number of hydrogen-bond donors (Lipinski definition) is 1. The highest BCUT2D eigenvalue weighted by molar-refractivity contribution is 5.89. The van der Waals surface area contributed by atoms with Gasteiger partial charge in [-0.05, 0) is 26.3 Å². The molecule has 0 unspecified atom stereocenters. The monoisotopic (exact) mass is 368 g/mol. The van der Waals surface area contributed by atoms with Crippen molar-refractivity contribution in [1.29, 1.82) is 0 Å². The van der Waals surface area contributed by atoms with Crippen LogP contribution in [0.25, 0.3) is 0 Å². The Labute approximate surface area is 155 Å². The van der Waals surface area contributed by atoms with Crippen LogP contribution in [0.2, 0.25) is 0 Å². The minimum Gasteiger partial charge on any atom is -0.308 e. The topological polar surface area (TPSA) is 108 Å². The fourth-order valence-electron chi connectivity index (χ4n) is 2.94. The maximum Gasteiger partial charge on any atom is 0.312 e. The third-order valence-electron chi connectivity index (χ3n) is 4.15. The van der Waals surface area contributed by atoms with Gasteiger partial charge in [0, 0.05) is 12.3 Å². The summed E-state index contributed by atoms with van der Waals surface area (Å²) in [6.45, 7) is 5.63. The lowest BCUT2D eigenvalue weighted by atomic mass is 10.1. The van der Waals surface area contributed by atoms with Gasteiger partial charge in [0.05, 0.1) is 11.5 Å². The minimum atomic E-state index is -0.487. The van der Waals surface area contributed by atoms with Crippen LogP contribution in [0.1, 0.15) is 22.5 Å². The molecule has 2 heterocycles. The molecule has 0 spiro atoms. The molecule has 3 aromatic rings. The van der Waals surface area contributed by atoms with Crippen molar-refractivity contribution in [3.8, 4) is 0 Å². The van der Waals surface area contributed by atoms with Crippen LogP contribution >= 0.6 is 0 Å². The first-order chi connectivity index (χ1) is 12.8. The summed E-state index contributed by atoms with van der Waals surface area (Å²) in [7, 11) is 0. The summed E-state index contributed by atoms with van der Waals surface area (Å²) in [6.07, 6.45) is 1.78. The smallest absolute Gasteiger partial charge is 0.308 e. The lowest BCUT2D eigenvalue weighted by molar-refractivity contribution is -0.386. The summed E-state index contributed by atoms with van der Waals surface area (Å²) in [5.41, 5.74) is 2.86. The molecule has 9 heteroatoms. The summed E-state index contributed by atoms with van der Waals surface area (Å²) >= 11 is 0. The molecule has 0 aliphatic rings. The largest absolute Gasteiger partial charge is 0.312 e. The summed E-state index contributed by atoms with van der Waals surface area (Å²) in [5.74, 6) is 0.0694. The molecule has 0 saturated heterocycles. The molecule has 1 N–H and O–H groups in total. The predicted octanol–water partition coefficient (Wildman–Crippen LogP) is 2.60. The molecule has 27 heavy (non-hydrogen) atoms. The first-order valence-corrected chi connectivity index (χ1v) is 8.40. The highest BCUT2D eigenvalue weighted by Crippen LogP contribution is 2.21. The number of amides is 1. The van der Waals surface area contributed by atoms with Gasteiger partial charge in [-0.1, -0.05) is 29.8 Å². The zero-order chi connectivity index (χ0) is 19.6. The molecule has 0 aliphatic carbocycles.